The average molecular weight is 381 g/mol. The smallest absolute Gasteiger partial charge is 0.338 e. The molecular formula is C23H27NO4. The lowest BCUT2D eigenvalue weighted by atomic mass is 9.99. The monoisotopic (exact) mass is 381 g/mol. The van der Waals surface area contributed by atoms with Gasteiger partial charge in [0, 0.05) is 5.56 Å². The highest BCUT2D eigenvalue weighted by atomic mass is 16.6. The van der Waals surface area contributed by atoms with Gasteiger partial charge in [-0.05, 0) is 62.1 Å². The second kappa shape index (κ2) is 9.74. The molecule has 5 heteroatoms. The zero-order valence-electron chi connectivity index (χ0n) is 17.3. The zero-order valence-corrected chi connectivity index (χ0v) is 17.3. The van der Waals surface area contributed by atoms with Gasteiger partial charge in [-0.1, -0.05) is 35.5 Å². The van der Waals surface area contributed by atoms with Crippen LogP contribution in [0.2, 0.25) is 0 Å². The van der Waals surface area contributed by atoms with E-state index in [9.17, 15) is 4.79 Å². The van der Waals surface area contributed by atoms with Gasteiger partial charge in [-0.15, -0.1) is 0 Å². The van der Waals surface area contributed by atoms with Crippen LogP contribution in [0.3, 0.4) is 0 Å². The minimum Gasteiger partial charge on any atom is -0.489 e. The Bertz CT molecular complexity index is 913. The second-order valence-electron chi connectivity index (χ2n) is 6.43. The molecule has 0 aliphatic carbocycles. The normalized spacial score (nSPS) is 11.9. The van der Waals surface area contributed by atoms with E-state index in [2.05, 4.69) is 5.16 Å². The fourth-order valence-corrected chi connectivity index (χ4v) is 3.08. The molecular weight excluding hydrogens is 354 g/mol. The van der Waals surface area contributed by atoms with E-state index in [1.54, 1.807) is 6.08 Å². The largest absolute Gasteiger partial charge is 0.489 e. The molecule has 0 aliphatic rings. The van der Waals surface area contributed by atoms with Gasteiger partial charge >= 0.3 is 5.97 Å². The predicted molar refractivity (Wildman–Crippen MR) is 112 cm³/mol. The number of hydrogen-bond acceptors (Lipinski definition) is 5. The summed E-state index contributed by atoms with van der Waals surface area (Å²) in [5.41, 5.74) is 6.14. The van der Waals surface area contributed by atoms with E-state index in [-0.39, 0.29) is 5.97 Å². The summed E-state index contributed by atoms with van der Waals surface area (Å²) in [7, 11) is 2.92. The maximum Gasteiger partial charge on any atom is 0.338 e. The molecule has 0 unspecified atom stereocenters. The SMILES string of the molecule is CC=C(C(=O)OC)c1ccccc1COc1cc(C)c(/C(C)=N\OC)cc1C. The van der Waals surface area contributed by atoms with Crippen molar-refractivity contribution < 1.29 is 19.1 Å². The first-order valence-electron chi connectivity index (χ1n) is 9.08. The van der Waals surface area contributed by atoms with Gasteiger partial charge in [0.15, 0.2) is 0 Å². The van der Waals surface area contributed by atoms with Crippen LogP contribution < -0.4 is 4.74 Å². The lowest BCUT2D eigenvalue weighted by molar-refractivity contribution is -0.133. The van der Waals surface area contributed by atoms with Crippen LogP contribution in [0.4, 0.5) is 0 Å². The number of rotatable bonds is 7. The first-order valence-corrected chi connectivity index (χ1v) is 9.08. The van der Waals surface area contributed by atoms with Crippen LogP contribution in [-0.4, -0.2) is 25.9 Å². The molecule has 0 fully saturated rings. The van der Waals surface area contributed by atoms with E-state index in [1.165, 1.54) is 14.2 Å². The fourth-order valence-electron chi connectivity index (χ4n) is 3.08. The van der Waals surface area contributed by atoms with Crippen molar-refractivity contribution in [3.63, 3.8) is 0 Å². The van der Waals surface area contributed by atoms with E-state index in [1.807, 2.05) is 64.1 Å². The lowest BCUT2D eigenvalue weighted by Crippen LogP contribution is -2.08. The highest BCUT2D eigenvalue weighted by molar-refractivity contribution is 6.16. The lowest BCUT2D eigenvalue weighted by Gasteiger charge is -2.15. The summed E-state index contributed by atoms with van der Waals surface area (Å²) in [6.45, 7) is 8.08. The van der Waals surface area contributed by atoms with Crippen molar-refractivity contribution in [3.8, 4) is 5.75 Å². The van der Waals surface area contributed by atoms with Crippen LogP contribution in [0.1, 0.15) is 41.7 Å². The number of oxime groups is 1. The van der Waals surface area contributed by atoms with Gasteiger partial charge < -0.3 is 14.3 Å². The van der Waals surface area contributed by atoms with Gasteiger partial charge in [0.05, 0.1) is 18.4 Å². The zero-order chi connectivity index (χ0) is 20.7. The highest BCUT2D eigenvalue weighted by Crippen LogP contribution is 2.26. The summed E-state index contributed by atoms with van der Waals surface area (Å²) in [6, 6.07) is 11.7. The predicted octanol–water partition coefficient (Wildman–Crippen LogP) is 4.83. The Hall–Kier alpha value is -3.08. The van der Waals surface area contributed by atoms with Crippen LogP contribution in [0, 0.1) is 13.8 Å². The standard InChI is InChI=1S/C23H27NO4/c1-7-19(23(25)26-5)20-11-9-8-10-18(20)14-28-22-13-15(2)21(12-16(22)3)17(4)24-27-6/h7-13H,14H2,1-6H3/b19-7?,24-17-. The van der Waals surface area contributed by atoms with E-state index < -0.39 is 0 Å². The molecule has 0 atom stereocenters. The molecule has 5 nitrogen and oxygen atoms in total. The van der Waals surface area contributed by atoms with Crippen LogP contribution in [0.15, 0.2) is 47.6 Å². The third-order valence-corrected chi connectivity index (χ3v) is 4.52. The maximum atomic E-state index is 12.1. The van der Waals surface area contributed by atoms with E-state index in [0.717, 1.165) is 39.3 Å². The number of allylic oxidation sites excluding steroid dienone is 1. The van der Waals surface area contributed by atoms with Crippen molar-refractivity contribution in [3.05, 3.63) is 70.3 Å². The molecule has 0 aromatic heterocycles. The van der Waals surface area contributed by atoms with Crippen LogP contribution in [-0.2, 0) is 21.0 Å². The third-order valence-electron chi connectivity index (χ3n) is 4.52. The molecule has 0 saturated heterocycles. The minimum absolute atomic E-state index is 0.343. The molecule has 0 aliphatic heterocycles. The Kier molecular flexibility index (Phi) is 7.38. The van der Waals surface area contributed by atoms with Gasteiger partial charge in [0.25, 0.3) is 0 Å². The van der Waals surface area contributed by atoms with Crippen LogP contribution in [0.25, 0.3) is 5.57 Å². The van der Waals surface area contributed by atoms with Gasteiger partial charge in [-0.2, -0.15) is 0 Å². The Morgan fingerprint density at radius 1 is 1.07 bits per heavy atom. The summed E-state index contributed by atoms with van der Waals surface area (Å²) < 4.78 is 11.0. The molecule has 0 amide bonds. The van der Waals surface area contributed by atoms with Crippen LogP contribution in [0.5, 0.6) is 5.75 Å². The van der Waals surface area contributed by atoms with E-state index in [0.29, 0.717) is 12.2 Å². The molecule has 2 rings (SSSR count). The number of esters is 1. The summed E-state index contributed by atoms with van der Waals surface area (Å²) in [5.74, 6) is 0.431. The summed E-state index contributed by atoms with van der Waals surface area (Å²) in [6.07, 6.45) is 1.76. The van der Waals surface area contributed by atoms with Crippen molar-refractivity contribution >= 4 is 17.3 Å². The molecule has 0 radical (unpaired) electrons. The number of carbonyl (C=O) groups is 1. The van der Waals surface area contributed by atoms with Gasteiger partial charge in [0.2, 0.25) is 0 Å². The van der Waals surface area contributed by atoms with Crippen LogP contribution >= 0.6 is 0 Å². The second-order valence-corrected chi connectivity index (χ2v) is 6.43. The minimum atomic E-state index is -0.362. The molecule has 2 aromatic rings. The first-order chi connectivity index (χ1) is 13.4. The number of hydrogen-bond donors (Lipinski definition) is 0. The first kappa shape index (κ1) is 21.2. The molecule has 0 N–H and O–H groups in total. The Morgan fingerprint density at radius 3 is 2.43 bits per heavy atom. The number of nitrogens with zero attached hydrogens (tertiary/aromatic N) is 1. The molecule has 148 valence electrons. The molecule has 0 spiro atoms. The number of aryl methyl sites for hydroxylation is 2. The Morgan fingerprint density at radius 2 is 1.79 bits per heavy atom. The topological polar surface area (TPSA) is 57.1 Å². The van der Waals surface area contributed by atoms with Crippen molar-refractivity contribution in [1.29, 1.82) is 0 Å². The van der Waals surface area contributed by atoms with E-state index >= 15 is 0 Å². The van der Waals surface area contributed by atoms with Gasteiger partial charge in [-0.3, -0.25) is 0 Å². The van der Waals surface area contributed by atoms with Crippen molar-refractivity contribution in [1.82, 2.24) is 0 Å². The molecule has 0 bridgehead atoms. The Labute approximate surface area is 166 Å². The van der Waals surface area contributed by atoms with Gasteiger partial charge in [-0.25, -0.2) is 4.79 Å². The summed E-state index contributed by atoms with van der Waals surface area (Å²) in [5, 5.41) is 4.01. The number of methoxy groups -OCH3 is 1. The van der Waals surface area contributed by atoms with Crippen molar-refractivity contribution in [2.75, 3.05) is 14.2 Å². The molecule has 28 heavy (non-hydrogen) atoms. The molecule has 0 saturated carbocycles. The number of carbonyl (C=O) groups excluding carboxylic acids is 1. The average Bonchev–Trinajstić information content (AvgIpc) is 2.69. The number of benzene rings is 2. The number of ether oxygens (including phenoxy) is 2. The quantitative estimate of drug-likeness (QED) is 0.298. The Balaban J connectivity index is 2.30. The van der Waals surface area contributed by atoms with Crippen molar-refractivity contribution in [2.45, 2.75) is 34.3 Å². The highest BCUT2D eigenvalue weighted by Gasteiger charge is 2.16. The fraction of sp³-hybridized carbons (Fsp3) is 0.304. The van der Waals surface area contributed by atoms with Crippen molar-refractivity contribution in [2.24, 2.45) is 5.16 Å². The summed E-state index contributed by atoms with van der Waals surface area (Å²) in [4.78, 5) is 16.9. The third kappa shape index (κ3) is 4.80. The molecule has 2 aromatic carbocycles. The van der Waals surface area contributed by atoms with Gasteiger partial charge in [0.1, 0.15) is 19.5 Å². The molecule has 0 heterocycles. The maximum absolute atomic E-state index is 12.1. The summed E-state index contributed by atoms with van der Waals surface area (Å²) >= 11 is 0. The van der Waals surface area contributed by atoms with E-state index in [4.69, 9.17) is 14.3 Å².